The molecule has 2 rings (SSSR count). The Balaban J connectivity index is 2.16. The number of halogens is 1. The van der Waals surface area contributed by atoms with Crippen molar-refractivity contribution in [2.45, 2.75) is 38.0 Å². The van der Waals surface area contributed by atoms with Crippen LogP contribution < -0.4 is 5.73 Å². The van der Waals surface area contributed by atoms with Gasteiger partial charge in [-0.05, 0) is 40.9 Å². The Morgan fingerprint density at radius 1 is 1.61 bits per heavy atom. The van der Waals surface area contributed by atoms with Crippen molar-refractivity contribution in [1.82, 2.24) is 4.90 Å². The summed E-state index contributed by atoms with van der Waals surface area (Å²) in [6.07, 6.45) is 2.46. The molecule has 1 fully saturated rings. The quantitative estimate of drug-likeness (QED) is 0.900. The monoisotopic (exact) mass is 332 g/mol. The van der Waals surface area contributed by atoms with Crippen molar-refractivity contribution < 1.29 is 4.74 Å². The molecule has 0 spiro atoms. The molecule has 1 aromatic heterocycles. The van der Waals surface area contributed by atoms with Crippen LogP contribution in [0.4, 0.5) is 0 Å². The maximum Gasteiger partial charge on any atom is 0.0710 e. The lowest BCUT2D eigenvalue weighted by Crippen LogP contribution is -2.39. The Morgan fingerprint density at radius 2 is 2.39 bits per heavy atom. The molecule has 0 amide bonds. The van der Waals surface area contributed by atoms with Crippen LogP contribution in [0.15, 0.2) is 15.9 Å². The molecule has 2 heterocycles. The van der Waals surface area contributed by atoms with Crippen LogP contribution in [0, 0.1) is 0 Å². The second kappa shape index (κ2) is 6.48. The van der Waals surface area contributed by atoms with Crippen LogP contribution in [0.25, 0.3) is 0 Å². The fourth-order valence-corrected chi connectivity index (χ4v) is 4.21. The summed E-state index contributed by atoms with van der Waals surface area (Å²) in [4.78, 5) is 3.83. The van der Waals surface area contributed by atoms with E-state index in [0.29, 0.717) is 12.1 Å². The predicted octanol–water partition coefficient (Wildman–Crippen LogP) is 3.01. The molecule has 0 radical (unpaired) electrons. The predicted molar refractivity (Wildman–Crippen MR) is 80.0 cm³/mol. The normalized spacial score (nSPS) is 24.3. The molecule has 0 aromatic carbocycles. The SMILES string of the molecule is CCC(N)C(c1ccc(Br)s1)N1CCC(OC)C1. The Kier molecular flexibility index (Phi) is 5.21. The second-order valence-electron chi connectivity index (χ2n) is 4.80. The highest BCUT2D eigenvalue weighted by molar-refractivity contribution is 9.11. The van der Waals surface area contributed by atoms with Gasteiger partial charge in [-0.2, -0.15) is 0 Å². The molecule has 3 atom stereocenters. The van der Waals surface area contributed by atoms with Gasteiger partial charge in [-0.3, -0.25) is 4.90 Å². The Morgan fingerprint density at radius 3 is 2.89 bits per heavy atom. The summed E-state index contributed by atoms with van der Waals surface area (Å²) in [5, 5.41) is 0. The van der Waals surface area contributed by atoms with Crippen molar-refractivity contribution >= 4 is 27.3 Å². The molecule has 5 heteroatoms. The summed E-state index contributed by atoms with van der Waals surface area (Å²) in [5.41, 5.74) is 6.33. The van der Waals surface area contributed by atoms with Gasteiger partial charge < -0.3 is 10.5 Å². The van der Waals surface area contributed by atoms with Gasteiger partial charge in [0.2, 0.25) is 0 Å². The lowest BCUT2D eigenvalue weighted by atomic mass is 10.0. The topological polar surface area (TPSA) is 38.5 Å². The van der Waals surface area contributed by atoms with Gasteiger partial charge in [0.1, 0.15) is 0 Å². The molecule has 0 aliphatic carbocycles. The summed E-state index contributed by atoms with van der Waals surface area (Å²) in [6, 6.07) is 4.81. The van der Waals surface area contributed by atoms with Gasteiger partial charge in [0.25, 0.3) is 0 Å². The Labute approximate surface area is 121 Å². The van der Waals surface area contributed by atoms with Gasteiger partial charge in [0.05, 0.1) is 15.9 Å². The van der Waals surface area contributed by atoms with Gasteiger partial charge in [-0.1, -0.05) is 6.92 Å². The van der Waals surface area contributed by atoms with Crippen LogP contribution in [0.5, 0.6) is 0 Å². The highest BCUT2D eigenvalue weighted by Crippen LogP contribution is 2.35. The third kappa shape index (κ3) is 3.14. The van der Waals surface area contributed by atoms with Crippen molar-refractivity contribution in [2.24, 2.45) is 5.73 Å². The molecule has 1 aliphatic heterocycles. The zero-order valence-corrected chi connectivity index (χ0v) is 13.3. The maximum absolute atomic E-state index is 6.33. The van der Waals surface area contributed by atoms with Gasteiger partial charge in [-0.25, -0.2) is 0 Å². The molecular weight excluding hydrogens is 312 g/mol. The van der Waals surface area contributed by atoms with Gasteiger partial charge in [0, 0.05) is 31.1 Å². The van der Waals surface area contributed by atoms with E-state index in [4.69, 9.17) is 10.5 Å². The summed E-state index contributed by atoms with van der Waals surface area (Å²) in [7, 11) is 1.80. The first-order chi connectivity index (χ1) is 8.65. The van der Waals surface area contributed by atoms with Gasteiger partial charge in [-0.15, -0.1) is 11.3 Å². The van der Waals surface area contributed by atoms with E-state index in [0.717, 1.165) is 25.9 Å². The van der Waals surface area contributed by atoms with Gasteiger partial charge in [0.15, 0.2) is 0 Å². The van der Waals surface area contributed by atoms with E-state index in [1.54, 1.807) is 18.4 Å². The highest BCUT2D eigenvalue weighted by Gasteiger charge is 2.32. The fourth-order valence-electron chi connectivity index (χ4n) is 2.57. The van der Waals surface area contributed by atoms with E-state index in [9.17, 15) is 0 Å². The second-order valence-corrected chi connectivity index (χ2v) is 7.29. The first-order valence-corrected chi connectivity index (χ1v) is 8.04. The van der Waals surface area contributed by atoms with Crippen LogP contribution in [0.1, 0.15) is 30.7 Å². The van der Waals surface area contributed by atoms with Crippen LogP contribution in [0.3, 0.4) is 0 Å². The fraction of sp³-hybridized carbons (Fsp3) is 0.692. The molecule has 1 saturated heterocycles. The first-order valence-electron chi connectivity index (χ1n) is 6.43. The van der Waals surface area contributed by atoms with E-state index in [-0.39, 0.29) is 6.04 Å². The van der Waals surface area contributed by atoms with Crippen molar-refractivity contribution in [1.29, 1.82) is 0 Å². The molecule has 3 nitrogen and oxygen atoms in total. The van der Waals surface area contributed by atoms with Crippen LogP contribution in [0.2, 0.25) is 0 Å². The summed E-state index contributed by atoms with van der Waals surface area (Å²) >= 11 is 5.33. The summed E-state index contributed by atoms with van der Waals surface area (Å²) < 4.78 is 6.63. The number of hydrogen-bond donors (Lipinski definition) is 1. The molecule has 102 valence electrons. The number of likely N-dealkylation sites (tertiary alicyclic amines) is 1. The highest BCUT2D eigenvalue weighted by atomic mass is 79.9. The molecule has 0 saturated carbocycles. The van der Waals surface area contributed by atoms with Crippen molar-refractivity contribution in [2.75, 3.05) is 20.2 Å². The van der Waals surface area contributed by atoms with Crippen molar-refractivity contribution in [3.8, 4) is 0 Å². The Hall–Kier alpha value is 0.0600. The molecule has 0 bridgehead atoms. The van der Waals surface area contributed by atoms with E-state index in [1.807, 2.05) is 0 Å². The number of thiophene rings is 1. The Bertz CT molecular complexity index is 385. The third-order valence-electron chi connectivity index (χ3n) is 3.67. The van der Waals surface area contributed by atoms with E-state index in [2.05, 4.69) is 39.9 Å². The third-order valence-corrected chi connectivity index (χ3v) is 5.36. The lowest BCUT2D eigenvalue weighted by Gasteiger charge is -2.31. The average Bonchev–Trinajstić information content (AvgIpc) is 2.99. The molecule has 1 aliphatic rings. The lowest BCUT2D eigenvalue weighted by molar-refractivity contribution is 0.0976. The number of ether oxygens (including phenoxy) is 1. The molecule has 3 unspecified atom stereocenters. The average molecular weight is 333 g/mol. The standard InChI is InChI=1S/C13H21BrN2OS/c1-3-10(15)13(11-4-5-12(14)18-11)16-7-6-9(8-16)17-2/h4-5,9-10,13H,3,6-8,15H2,1-2H3. The maximum atomic E-state index is 6.33. The van der Waals surface area contributed by atoms with E-state index < -0.39 is 0 Å². The minimum absolute atomic E-state index is 0.186. The minimum Gasteiger partial charge on any atom is -0.380 e. The van der Waals surface area contributed by atoms with E-state index in [1.165, 1.54) is 8.66 Å². The molecule has 1 aromatic rings. The number of methoxy groups -OCH3 is 1. The minimum atomic E-state index is 0.186. The number of nitrogens with zero attached hydrogens (tertiary/aromatic N) is 1. The number of rotatable bonds is 5. The van der Waals surface area contributed by atoms with Crippen LogP contribution in [-0.2, 0) is 4.74 Å². The van der Waals surface area contributed by atoms with Crippen LogP contribution in [-0.4, -0.2) is 37.2 Å². The van der Waals surface area contributed by atoms with Gasteiger partial charge >= 0.3 is 0 Å². The van der Waals surface area contributed by atoms with Crippen molar-refractivity contribution in [3.05, 3.63) is 20.8 Å². The molecule has 18 heavy (non-hydrogen) atoms. The zero-order valence-electron chi connectivity index (χ0n) is 10.9. The molecular formula is C13H21BrN2OS. The largest absolute Gasteiger partial charge is 0.380 e. The summed E-state index contributed by atoms with van der Waals surface area (Å²) in [6.45, 7) is 4.22. The van der Waals surface area contributed by atoms with Crippen LogP contribution >= 0.6 is 27.3 Å². The summed E-state index contributed by atoms with van der Waals surface area (Å²) in [5.74, 6) is 0. The van der Waals surface area contributed by atoms with E-state index >= 15 is 0 Å². The first kappa shape index (κ1) is 14.5. The number of nitrogens with two attached hydrogens (primary N) is 1. The zero-order chi connectivity index (χ0) is 13.1. The molecule has 2 N–H and O–H groups in total. The van der Waals surface area contributed by atoms with Crippen molar-refractivity contribution in [3.63, 3.8) is 0 Å². The smallest absolute Gasteiger partial charge is 0.0710 e. The number of hydrogen-bond acceptors (Lipinski definition) is 4.